The molecule has 92 valence electrons. The number of nitro groups is 1. The number of hydrogen-bond acceptors (Lipinski definition) is 3. The molecule has 0 fully saturated rings. The van der Waals surface area contributed by atoms with E-state index in [4.69, 9.17) is 4.74 Å². The zero-order chi connectivity index (χ0) is 12.8. The molecule has 0 aliphatic rings. The summed E-state index contributed by atoms with van der Waals surface area (Å²) in [6.45, 7) is 0.475. The molecule has 5 nitrogen and oxygen atoms in total. The summed E-state index contributed by atoms with van der Waals surface area (Å²) >= 11 is 0. The van der Waals surface area contributed by atoms with E-state index < -0.39 is 5.03 Å². The summed E-state index contributed by atoms with van der Waals surface area (Å²) in [6.07, 6.45) is 0. The lowest BCUT2D eigenvalue weighted by Gasteiger charge is -2.06. The van der Waals surface area contributed by atoms with E-state index in [-0.39, 0.29) is 0 Å². The highest BCUT2D eigenvalue weighted by atomic mass is 16.7. The van der Waals surface area contributed by atoms with Crippen LogP contribution in [0.15, 0.2) is 54.6 Å². The van der Waals surface area contributed by atoms with Crippen LogP contribution in [0, 0.1) is 10.1 Å². The lowest BCUT2D eigenvalue weighted by Crippen LogP contribution is -2.07. The largest absolute Gasteiger partial charge is 0.489 e. The van der Waals surface area contributed by atoms with Crippen molar-refractivity contribution in [2.45, 2.75) is 6.61 Å². The highest BCUT2D eigenvalue weighted by Crippen LogP contribution is 2.16. The van der Waals surface area contributed by atoms with Gasteiger partial charge in [0.15, 0.2) is 5.03 Å². The number of nitrogens with zero attached hydrogens (tertiary/aromatic N) is 1. The maximum Gasteiger partial charge on any atom is 0.162 e. The van der Waals surface area contributed by atoms with Gasteiger partial charge in [-0.1, -0.05) is 30.3 Å². The van der Waals surface area contributed by atoms with Crippen molar-refractivity contribution in [2.24, 2.45) is 0 Å². The van der Waals surface area contributed by atoms with Gasteiger partial charge in [-0.2, -0.15) is 0 Å². The molecule has 2 aromatic rings. The van der Waals surface area contributed by atoms with Crippen LogP contribution >= 0.6 is 0 Å². The second-order valence-electron chi connectivity index (χ2n) is 3.67. The van der Waals surface area contributed by atoms with Crippen molar-refractivity contribution < 1.29 is 9.77 Å². The summed E-state index contributed by atoms with van der Waals surface area (Å²) in [5.41, 5.74) is 3.57. The van der Waals surface area contributed by atoms with Crippen LogP contribution in [0.5, 0.6) is 5.75 Å². The van der Waals surface area contributed by atoms with Crippen LogP contribution in [-0.4, -0.2) is 5.03 Å². The van der Waals surface area contributed by atoms with Crippen molar-refractivity contribution >= 4 is 5.69 Å². The van der Waals surface area contributed by atoms with Gasteiger partial charge in [0.25, 0.3) is 0 Å². The smallest absolute Gasteiger partial charge is 0.162 e. The minimum absolute atomic E-state index is 0.423. The van der Waals surface area contributed by atoms with Gasteiger partial charge in [-0.3, -0.25) is 0 Å². The topological polar surface area (TPSA) is 64.4 Å². The normalized spacial score (nSPS) is 9.78. The molecule has 2 rings (SSSR count). The molecule has 0 saturated carbocycles. The number of ether oxygens (including phenoxy) is 1. The minimum Gasteiger partial charge on any atom is -0.489 e. The zero-order valence-electron chi connectivity index (χ0n) is 9.58. The molecule has 0 aliphatic carbocycles. The molecule has 5 heteroatoms. The average Bonchev–Trinajstić information content (AvgIpc) is 2.38. The Hall–Kier alpha value is -2.56. The van der Waals surface area contributed by atoms with Gasteiger partial charge in [0, 0.05) is 0 Å². The predicted molar refractivity (Wildman–Crippen MR) is 67.8 cm³/mol. The number of nitrogens with one attached hydrogen (secondary N) is 1. The van der Waals surface area contributed by atoms with E-state index in [1.54, 1.807) is 24.3 Å². The summed E-state index contributed by atoms with van der Waals surface area (Å²) in [4.78, 5) is 10.2. The molecule has 0 atom stereocenters. The van der Waals surface area contributed by atoms with Crippen LogP contribution in [0.2, 0.25) is 0 Å². The van der Waals surface area contributed by atoms with Crippen LogP contribution in [0.4, 0.5) is 5.69 Å². The maximum absolute atomic E-state index is 10.2. The zero-order valence-corrected chi connectivity index (χ0v) is 9.58. The van der Waals surface area contributed by atoms with Gasteiger partial charge >= 0.3 is 0 Å². The van der Waals surface area contributed by atoms with E-state index in [0.29, 0.717) is 18.0 Å². The highest BCUT2D eigenvalue weighted by Gasteiger charge is 2.00. The lowest BCUT2D eigenvalue weighted by atomic mass is 10.2. The standard InChI is InChI=1S/C13H12N2O3/c16-15(17)14-12-6-8-13(9-7-12)18-10-11-4-2-1-3-5-11/h1-9,14H,10H2. The average molecular weight is 244 g/mol. The van der Waals surface area contributed by atoms with Gasteiger partial charge in [-0.15, -0.1) is 5.43 Å². The van der Waals surface area contributed by atoms with E-state index in [2.05, 4.69) is 5.43 Å². The van der Waals surface area contributed by atoms with Crippen molar-refractivity contribution in [3.63, 3.8) is 0 Å². The monoisotopic (exact) mass is 244 g/mol. The first kappa shape index (κ1) is 11.9. The molecule has 0 bridgehead atoms. The van der Waals surface area contributed by atoms with Crippen LogP contribution in [0.3, 0.4) is 0 Å². The van der Waals surface area contributed by atoms with Gasteiger partial charge in [0.05, 0.1) is 0 Å². The number of rotatable bonds is 5. The predicted octanol–water partition coefficient (Wildman–Crippen LogP) is 2.87. The van der Waals surface area contributed by atoms with Crippen LogP contribution < -0.4 is 10.2 Å². The number of hydrogen-bond donors (Lipinski definition) is 1. The highest BCUT2D eigenvalue weighted by molar-refractivity contribution is 5.44. The fourth-order valence-electron chi connectivity index (χ4n) is 1.47. The van der Waals surface area contributed by atoms with Gasteiger partial charge in [0.1, 0.15) is 18.0 Å². The molecule has 0 radical (unpaired) electrons. The number of anilines is 1. The minimum atomic E-state index is -0.597. The molecule has 0 spiro atoms. The first-order valence-corrected chi connectivity index (χ1v) is 5.42. The first-order chi connectivity index (χ1) is 8.74. The molecule has 1 N–H and O–H groups in total. The quantitative estimate of drug-likeness (QED) is 0.648. The van der Waals surface area contributed by atoms with Gasteiger partial charge in [-0.25, -0.2) is 10.1 Å². The van der Waals surface area contributed by atoms with Crippen molar-refractivity contribution in [3.05, 3.63) is 70.3 Å². The molecule has 0 aliphatic heterocycles. The van der Waals surface area contributed by atoms with E-state index >= 15 is 0 Å². The molecular weight excluding hydrogens is 232 g/mol. The van der Waals surface area contributed by atoms with E-state index in [9.17, 15) is 10.1 Å². The third-order valence-electron chi connectivity index (χ3n) is 2.32. The fourth-order valence-corrected chi connectivity index (χ4v) is 1.47. The molecule has 0 unspecified atom stereocenters. The Balaban J connectivity index is 1.92. The SMILES string of the molecule is O=[N+]([O-])Nc1ccc(OCc2ccccc2)cc1. The summed E-state index contributed by atoms with van der Waals surface area (Å²) in [7, 11) is 0. The first-order valence-electron chi connectivity index (χ1n) is 5.42. The second kappa shape index (κ2) is 5.67. The van der Waals surface area contributed by atoms with Crippen LogP contribution in [-0.2, 0) is 6.61 Å². The van der Waals surface area contributed by atoms with Crippen molar-refractivity contribution in [1.29, 1.82) is 0 Å². The Morgan fingerprint density at radius 3 is 2.33 bits per heavy atom. The molecule has 0 amide bonds. The Morgan fingerprint density at radius 1 is 1.06 bits per heavy atom. The number of benzene rings is 2. The summed E-state index contributed by atoms with van der Waals surface area (Å²) < 4.78 is 5.55. The summed E-state index contributed by atoms with van der Waals surface area (Å²) in [5.74, 6) is 0.674. The Kier molecular flexibility index (Phi) is 3.76. The molecule has 0 heterocycles. The van der Waals surface area contributed by atoms with E-state index in [1.807, 2.05) is 30.3 Å². The summed E-state index contributed by atoms with van der Waals surface area (Å²) in [6, 6.07) is 16.4. The molecule has 0 aromatic heterocycles. The molecule has 0 saturated heterocycles. The molecule has 18 heavy (non-hydrogen) atoms. The van der Waals surface area contributed by atoms with E-state index in [1.165, 1.54) is 0 Å². The number of hydrazine groups is 1. The third kappa shape index (κ3) is 3.48. The lowest BCUT2D eigenvalue weighted by molar-refractivity contribution is -0.445. The fraction of sp³-hybridized carbons (Fsp3) is 0.0769. The third-order valence-corrected chi connectivity index (χ3v) is 2.32. The Bertz CT molecular complexity index is 512. The Labute approximate surface area is 104 Å². The summed E-state index contributed by atoms with van der Waals surface area (Å²) in [5, 5.41) is 9.63. The van der Waals surface area contributed by atoms with E-state index in [0.717, 1.165) is 5.56 Å². The van der Waals surface area contributed by atoms with Crippen LogP contribution in [0.1, 0.15) is 5.56 Å². The van der Waals surface area contributed by atoms with Crippen molar-refractivity contribution in [1.82, 2.24) is 0 Å². The Morgan fingerprint density at radius 2 is 1.72 bits per heavy atom. The van der Waals surface area contributed by atoms with Gasteiger partial charge in [-0.05, 0) is 29.8 Å². The van der Waals surface area contributed by atoms with Gasteiger partial charge in [0.2, 0.25) is 0 Å². The van der Waals surface area contributed by atoms with Crippen molar-refractivity contribution in [3.8, 4) is 5.75 Å². The maximum atomic E-state index is 10.2. The van der Waals surface area contributed by atoms with Gasteiger partial charge < -0.3 is 4.74 Å². The second-order valence-corrected chi connectivity index (χ2v) is 3.67. The van der Waals surface area contributed by atoms with Crippen molar-refractivity contribution in [2.75, 3.05) is 5.43 Å². The van der Waals surface area contributed by atoms with Crippen LogP contribution in [0.25, 0.3) is 0 Å². The molecular formula is C13H12N2O3. The molecule has 2 aromatic carbocycles.